The van der Waals surface area contributed by atoms with E-state index in [-0.39, 0.29) is 11.4 Å². The van der Waals surface area contributed by atoms with Gasteiger partial charge >= 0.3 is 0 Å². The topological polar surface area (TPSA) is 74.8 Å². The second-order valence-electron chi connectivity index (χ2n) is 5.17. The van der Waals surface area contributed by atoms with Crippen LogP contribution in [-0.2, 0) is 23.0 Å². The monoisotopic (exact) mass is 293 g/mol. The van der Waals surface area contributed by atoms with Crippen molar-refractivity contribution in [1.29, 1.82) is 0 Å². The molecule has 0 aliphatic heterocycles. The van der Waals surface area contributed by atoms with Crippen molar-refractivity contribution in [2.75, 3.05) is 0 Å². The molecule has 2 rings (SSSR count). The van der Waals surface area contributed by atoms with Crippen LogP contribution in [0.2, 0.25) is 0 Å². The van der Waals surface area contributed by atoms with Crippen LogP contribution in [0.25, 0.3) is 0 Å². The Kier molecular flexibility index (Phi) is 4.57. The van der Waals surface area contributed by atoms with Gasteiger partial charge in [0.25, 0.3) is 0 Å². The van der Waals surface area contributed by atoms with Crippen LogP contribution < -0.4 is 4.72 Å². The number of aromatic nitrogens is 2. The van der Waals surface area contributed by atoms with Gasteiger partial charge in [0.15, 0.2) is 0 Å². The maximum Gasteiger partial charge on any atom is 0.240 e. The Labute approximate surface area is 119 Å². The number of H-pyrrole nitrogens is 1. The predicted octanol–water partition coefficient (Wildman–Crippen LogP) is 2.09. The summed E-state index contributed by atoms with van der Waals surface area (Å²) in [4.78, 5) is 0.286. The zero-order valence-electron chi connectivity index (χ0n) is 11.6. The van der Waals surface area contributed by atoms with Crippen molar-refractivity contribution < 1.29 is 8.42 Å². The molecule has 0 bridgehead atoms. The largest absolute Gasteiger partial charge is 0.285 e. The number of rotatable bonds is 6. The summed E-state index contributed by atoms with van der Waals surface area (Å²) in [6.45, 7) is 4.50. The lowest BCUT2D eigenvalue weighted by Crippen LogP contribution is -2.23. The van der Waals surface area contributed by atoms with E-state index in [4.69, 9.17) is 0 Å². The Balaban J connectivity index is 2.05. The lowest BCUT2D eigenvalue weighted by molar-refractivity contribution is 0.581. The Hall–Kier alpha value is -1.66. The highest BCUT2D eigenvalue weighted by molar-refractivity contribution is 7.89. The van der Waals surface area contributed by atoms with E-state index in [1.807, 2.05) is 12.1 Å². The Bertz CT molecular complexity index is 632. The molecule has 0 spiro atoms. The zero-order valence-corrected chi connectivity index (χ0v) is 12.4. The normalized spacial score (nSPS) is 11.9. The smallest absolute Gasteiger partial charge is 0.240 e. The summed E-state index contributed by atoms with van der Waals surface area (Å²) in [5.41, 5.74) is 1.94. The fourth-order valence-electron chi connectivity index (χ4n) is 1.91. The van der Waals surface area contributed by atoms with E-state index in [1.54, 1.807) is 24.5 Å². The molecule has 0 radical (unpaired) electrons. The summed E-state index contributed by atoms with van der Waals surface area (Å²) in [6, 6.07) is 7.03. The molecule has 5 nitrogen and oxygen atoms in total. The summed E-state index contributed by atoms with van der Waals surface area (Å²) in [5, 5.41) is 6.42. The summed E-state index contributed by atoms with van der Waals surface area (Å²) in [5.74, 6) is 0.552. The molecule has 0 saturated carbocycles. The van der Waals surface area contributed by atoms with Crippen LogP contribution in [0.3, 0.4) is 0 Å². The van der Waals surface area contributed by atoms with Crippen LogP contribution in [0.5, 0.6) is 0 Å². The first-order valence-corrected chi connectivity index (χ1v) is 8.02. The molecule has 0 amide bonds. The molecule has 2 aromatic rings. The summed E-state index contributed by atoms with van der Waals surface area (Å²) >= 11 is 0. The van der Waals surface area contributed by atoms with Gasteiger partial charge < -0.3 is 0 Å². The van der Waals surface area contributed by atoms with Gasteiger partial charge in [-0.1, -0.05) is 26.0 Å². The van der Waals surface area contributed by atoms with Gasteiger partial charge in [-0.3, -0.25) is 5.10 Å². The van der Waals surface area contributed by atoms with E-state index in [9.17, 15) is 8.42 Å². The number of hydrogen-bond donors (Lipinski definition) is 2. The summed E-state index contributed by atoms with van der Waals surface area (Å²) < 4.78 is 26.8. The molecule has 0 atom stereocenters. The lowest BCUT2D eigenvalue weighted by Gasteiger charge is -2.08. The molecule has 1 aromatic carbocycles. The van der Waals surface area contributed by atoms with Crippen LogP contribution in [0.1, 0.15) is 25.0 Å². The zero-order chi connectivity index (χ0) is 14.6. The first-order valence-electron chi connectivity index (χ1n) is 6.53. The van der Waals surface area contributed by atoms with Crippen molar-refractivity contribution in [3.63, 3.8) is 0 Å². The van der Waals surface area contributed by atoms with Gasteiger partial charge in [-0.2, -0.15) is 5.10 Å². The second-order valence-corrected chi connectivity index (χ2v) is 6.94. The van der Waals surface area contributed by atoms with Gasteiger partial charge in [0, 0.05) is 18.3 Å². The Morgan fingerprint density at radius 3 is 2.45 bits per heavy atom. The third-order valence-electron chi connectivity index (χ3n) is 2.90. The number of benzene rings is 1. The minimum Gasteiger partial charge on any atom is -0.285 e. The third-order valence-corrected chi connectivity index (χ3v) is 4.32. The molecule has 6 heteroatoms. The van der Waals surface area contributed by atoms with Crippen LogP contribution >= 0.6 is 0 Å². The SMILES string of the molecule is CC(C)Cc1ccc(S(=O)(=O)NCc2cn[nH]c2)cc1. The van der Waals surface area contributed by atoms with Gasteiger partial charge in [-0.05, 0) is 30.0 Å². The van der Waals surface area contributed by atoms with Gasteiger partial charge in [-0.15, -0.1) is 0 Å². The van der Waals surface area contributed by atoms with E-state index < -0.39 is 10.0 Å². The molecule has 1 aromatic heterocycles. The Morgan fingerprint density at radius 1 is 1.20 bits per heavy atom. The number of hydrogen-bond acceptors (Lipinski definition) is 3. The van der Waals surface area contributed by atoms with Crippen molar-refractivity contribution in [2.45, 2.75) is 31.7 Å². The van der Waals surface area contributed by atoms with E-state index in [0.29, 0.717) is 5.92 Å². The first kappa shape index (κ1) is 14.7. The molecule has 0 saturated heterocycles. The summed E-state index contributed by atoms with van der Waals surface area (Å²) in [7, 11) is -3.47. The van der Waals surface area contributed by atoms with E-state index >= 15 is 0 Å². The fraction of sp³-hybridized carbons (Fsp3) is 0.357. The molecular weight excluding hydrogens is 274 g/mol. The first-order chi connectivity index (χ1) is 9.47. The molecule has 2 N–H and O–H groups in total. The number of nitrogens with zero attached hydrogens (tertiary/aromatic N) is 1. The van der Waals surface area contributed by atoms with Gasteiger partial charge in [0.2, 0.25) is 10.0 Å². The molecule has 1 heterocycles. The molecule has 0 aliphatic rings. The van der Waals surface area contributed by atoms with E-state index in [1.165, 1.54) is 0 Å². The molecular formula is C14H19N3O2S. The number of nitrogens with one attached hydrogen (secondary N) is 2. The van der Waals surface area contributed by atoms with Crippen molar-refractivity contribution in [3.05, 3.63) is 47.8 Å². The van der Waals surface area contributed by atoms with Crippen molar-refractivity contribution in [2.24, 2.45) is 5.92 Å². The van der Waals surface area contributed by atoms with Crippen molar-refractivity contribution in [3.8, 4) is 0 Å². The van der Waals surface area contributed by atoms with Crippen LogP contribution in [-0.4, -0.2) is 18.6 Å². The molecule has 108 valence electrons. The highest BCUT2D eigenvalue weighted by atomic mass is 32.2. The minimum absolute atomic E-state index is 0.229. The van der Waals surface area contributed by atoms with Crippen LogP contribution in [0.15, 0.2) is 41.6 Å². The van der Waals surface area contributed by atoms with Crippen LogP contribution in [0.4, 0.5) is 0 Å². The predicted molar refractivity (Wildman–Crippen MR) is 77.6 cm³/mol. The molecule has 20 heavy (non-hydrogen) atoms. The fourth-order valence-corrected chi connectivity index (χ4v) is 2.93. The molecule has 0 aliphatic carbocycles. The van der Waals surface area contributed by atoms with Crippen molar-refractivity contribution in [1.82, 2.24) is 14.9 Å². The van der Waals surface area contributed by atoms with E-state index in [0.717, 1.165) is 17.5 Å². The summed E-state index contributed by atoms with van der Waals surface area (Å²) in [6.07, 6.45) is 4.20. The van der Waals surface area contributed by atoms with Gasteiger partial charge in [0.05, 0.1) is 11.1 Å². The van der Waals surface area contributed by atoms with Crippen LogP contribution in [0, 0.1) is 5.92 Å². The average molecular weight is 293 g/mol. The highest BCUT2D eigenvalue weighted by Gasteiger charge is 2.13. The van der Waals surface area contributed by atoms with Gasteiger partial charge in [-0.25, -0.2) is 13.1 Å². The standard InChI is InChI=1S/C14H19N3O2S/c1-11(2)7-12-3-5-14(6-4-12)20(18,19)17-10-13-8-15-16-9-13/h3-6,8-9,11,17H,7,10H2,1-2H3,(H,15,16). The number of sulfonamides is 1. The minimum atomic E-state index is -3.47. The lowest BCUT2D eigenvalue weighted by atomic mass is 10.0. The quantitative estimate of drug-likeness (QED) is 0.856. The molecule has 0 fully saturated rings. The van der Waals surface area contributed by atoms with E-state index in [2.05, 4.69) is 28.8 Å². The van der Waals surface area contributed by atoms with Gasteiger partial charge in [0.1, 0.15) is 0 Å². The second kappa shape index (κ2) is 6.19. The van der Waals surface area contributed by atoms with Crippen molar-refractivity contribution >= 4 is 10.0 Å². The highest BCUT2D eigenvalue weighted by Crippen LogP contribution is 2.13. The number of aromatic amines is 1. The maximum atomic E-state index is 12.1. The Morgan fingerprint density at radius 2 is 1.90 bits per heavy atom. The maximum absolute atomic E-state index is 12.1. The average Bonchev–Trinajstić information content (AvgIpc) is 2.89. The molecule has 0 unspecified atom stereocenters. The third kappa shape index (κ3) is 3.91.